The zero-order valence-electron chi connectivity index (χ0n) is 13.0. The molecule has 0 aromatic heterocycles. The molecule has 0 spiro atoms. The van der Waals surface area contributed by atoms with Crippen LogP contribution in [0.3, 0.4) is 0 Å². The fraction of sp³-hybridized carbons (Fsp3) is 0.143. The summed E-state index contributed by atoms with van der Waals surface area (Å²) in [5.41, 5.74) is 6.32. The summed E-state index contributed by atoms with van der Waals surface area (Å²) in [4.78, 5) is 0. The van der Waals surface area contributed by atoms with Gasteiger partial charge < -0.3 is 9.84 Å². The molecule has 0 atom stereocenters. The number of ether oxygens (including phenoxy) is 1. The molecule has 23 heavy (non-hydrogen) atoms. The molecule has 0 aliphatic heterocycles. The third kappa shape index (κ3) is 1.99. The van der Waals surface area contributed by atoms with Crippen LogP contribution >= 0.6 is 0 Å². The molecule has 2 heteroatoms. The lowest BCUT2D eigenvalue weighted by molar-refractivity contribution is 0.0985. The molecular formula is C21H18O2. The monoisotopic (exact) mass is 302 g/mol. The predicted molar refractivity (Wildman–Crippen MR) is 91.6 cm³/mol. The lowest BCUT2D eigenvalue weighted by Gasteiger charge is -2.28. The zero-order valence-corrected chi connectivity index (χ0v) is 13.0. The highest BCUT2D eigenvalue weighted by Crippen LogP contribution is 2.52. The van der Waals surface area contributed by atoms with Crippen LogP contribution in [0.2, 0.25) is 0 Å². The third-order valence-electron chi connectivity index (χ3n) is 4.88. The first-order valence-electron chi connectivity index (χ1n) is 7.79. The average Bonchev–Trinajstić information content (AvgIpc) is 2.87. The zero-order chi connectivity index (χ0) is 15.9. The second-order valence-corrected chi connectivity index (χ2v) is 6.01. The van der Waals surface area contributed by atoms with E-state index in [1.807, 2.05) is 12.1 Å². The summed E-state index contributed by atoms with van der Waals surface area (Å²) in [5, 5.41) is 8.89. The molecule has 0 radical (unpaired) electrons. The van der Waals surface area contributed by atoms with Crippen LogP contribution in [0, 0.1) is 0 Å². The summed E-state index contributed by atoms with van der Waals surface area (Å²) < 4.78 is 5.15. The Morgan fingerprint density at radius 2 is 1.30 bits per heavy atom. The SMILES string of the molecule is CC1(c2ccc(OCO)cc2)c2ccccc2-c2ccccc21. The summed E-state index contributed by atoms with van der Waals surface area (Å²) in [7, 11) is 0. The highest BCUT2D eigenvalue weighted by atomic mass is 16.6. The molecule has 0 unspecified atom stereocenters. The van der Waals surface area contributed by atoms with E-state index in [0.717, 1.165) is 0 Å². The van der Waals surface area contributed by atoms with Gasteiger partial charge >= 0.3 is 0 Å². The summed E-state index contributed by atoms with van der Waals surface area (Å²) in [6.07, 6.45) is 0. The molecule has 0 amide bonds. The Kier molecular flexibility index (Phi) is 3.21. The van der Waals surface area contributed by atoms with Crippen LogP contribution in [0.25, 0.3) is 11.1 Å². The third-order valence-corrected chi connectivity index (χ3v) is 4.88. The standard InChI is InChI=1S/C21H18O2/c1-21(15-10-12-16(13-11-15)23-14-22)19-8-4-2-6-17(19)18-7-3-5-9-20(18)21/h2-13,22H,14H2,1H3. The number of hydrogen-bond donors (Lipinski definition) is 1. The molecule has 2 nitrogen and oxygen atoms in total. The van der Waals surface area contributed by atoms with Crippen LogP contribution in [0.4, 0.5) is 0 Å². The van der Waals surface area contributed by atoms with Gasteiger partial charge in [0.05, 0.1) is 0 Å². The van der Waals surface area contributed by atoms with Gasteiger partial charge in [-0.25, -0.2) is 0 Å². The number of aliphatic hydroxyl groups is 1. The first kappa shape index (κ1) is 14.0. The molecule has 0 saturated heterocycles. The van der Waals surface area contributed by atoms with Gasteiger partial charge in [0.15, 0.2) is 6.79 Å². The van der Waals surface area contributed by atoms with E-state index in [1.54, 1.807) is 0 Å². The van der Waals surface area contributed by atoms with Crippen molar-refractivity contribution in [3.8, 4) is 16.9 Å². The van der Waals surface area contributed by atoms with Crippen LogP contribution in [0.15, 0.2) is 72.8 Å². The van der Waals surface area contributed by atoms with Crippen molar-refractivity contribution < 1.29 is 9.84 Å². The van der Waals surface area contributed by atoms with Crippen molar-refractivity contribution in [3.63, 3.8) is 0 Å². The van der Waals surface area contributed by atoms with Crippen molar-refractivity contribution in [2.45, 2.75) is 12.3 Å². The predicted octanol–water partition coefficient (Wildman–Crippen LogP) is 4.35. The molecule has 0 saturated carbocycles. The number of benzene rings is 3. The number of rotatable bonds is 3. The quantitative estimate of drug-likeness (QED) is 0.729. The molecule has 0 bridgehead atoms. The van der Waals surface area contributed by atoms with Gasteiger partial charge in [-0.2, -0.15) is 0 Å². The lowest BCUT2D eigenvalue weighted by atomic mass is 9.74. The molecule has 114 valence electrons. The van der Waals surface area contributed by atoms with Gasteiger partial charge in [0, 0.05) is 5.41 Å². The Labute approximate surface area is 136 Å². The molecule has 1 aliphatic rings. The normalized spacial score (nSPS) is 14.2. The van der Waals surface area contributed by atoms with Gasteiger partial charge in [0.2, 0.25) is 0 Å². The molecule has 1 aliphatic carbocycles. The van der Waals surface area contributed by atoms with E-state index in [0.29, 0.717) is 5.75 Å². The maximum absolute atomic E-state index is 8.89. The molecule has 0 heterocycles. The van der Waals surface area contributed by atoms with Crippen molar-refractivity contribution in [1.82, 2.24) is 0 Å². The smallest absolute Gasteiger partial charge is 0.186 e. The molecular weight excluding hydrogens is 284 g/mol. The fourth-order valence-electron chi connectivity index (χ4n) is 3.72. The summed E-state index contributed by atoms with van der Waals surface area (Å²) >= 11 is 0. The summed E-state index contributed by atoms with van der Waals surface area (Å²) in [6.45, 7) is 1.97. The Balaban J connectivity index is 1.92. The Morgan fingerprint density at radius 1 is 0.783 bits per heavy atom. The molecule has 0 fully saturated rings. The summed E-state index contributed by atoms with van der Waals surface area (Å²) in [5.74, 6) is 0.680. The molecule has 3 aromatic carbocycles. The topological polar surface area (TPSA) is 29.5 Å². The van der Waals surface area contributed by atoms with Gasteiger partial charge in [-0.05, 0) is 46.9 Å². The van der Waals surface area contributed by atoms with Gasteiger partial charge in [-0.3, -0.25) is 0 Å². The maximum Gasteiger partial charge on any atom is 0.186 e. The Morgan fingerprint density at radius 3 is 1.83 bits per heavy atom. The number of aliphatic hydroxyl groups excluding tert-OH is 1. The maximum atomic E-state index is 8.89. The van der Waals surface area contributed by atoms with E-state index in [1.165, 1.54) is 27.8 Å². The second-order valence-electron chi connectivity index (χ2n) is 6.01. The van der Waals surface area contributed by atoms with Gasteiger partial charge in [-0.15, -0.1) is 0 Å². The van der Waals surface area contributed by atoms with E-state index in [2.05, 4.69) is 67.6 Å². The van der Waals surface area contributed by atoms with Crippen molar-refractivity contribution in [1.29, 1.82) is 0 Å². The molecule has 1 N–H and O–H groups in total. The lowest BCUT2D eigenvalue weighted by Crippen LogP contribution is -2.22. The van der Waals surface area contributed by atoms with E-state index < -0.39 is 0 Å². The second kappa shape index (κ2) is 5.25. The highest BCUT2D eigenvalue weighted by molar-refractivity contribution is 5.83. The minimum Gasteiger partial charge on any atom is -0.468 e. The van der Waals surface area contributed by atoms with Crippen molar-refractivity contribution in [3.05, 3.63) is 89.5 Å². The van der Waals surface area contributed by atoms with Crippen LogP contribution in [-0.2, 0) is 5.41 Å². The van der Waals surface area contributed by atoms with Gasteiger partial charge in [0.25, 0.3) is 0 Å². The van der Waals surface area contributed by atoms with Gasteiger partial charge in [-0.1, -0.05) is 60.7 Å². The van der Waals surface area contributed by atoms with Crippen LogP contribution in [-0.4, -0.2) is 11.9 Å². The minimum atomic E-state index is -0.303. The first-order valence-corrected chi connectivity index (χ1v) is 7.79. The van der Waals surface area contributed by atoms with Crippen LogP contribution < -0.4 is 4.74 Å². The highest BCUT2D eigenvalue weighted by Gasteiger charge is 2.40. The van der Waals surface area contributed by atoms with E-state index in [-0.39, 0.29) is 12.2 Å². The van der Waals surface area contributed by atoms with E-state index >= 15 is 0 Å². The average molecular weight is 302 g/mol. The Bertz CT molecular complexity index is 804. The van der Waals surface area contributed by atoms with Crippen LogP contribution in [0.5, 0.6) is 5.75 Å². The molecule has 3 aromatic rings. The minimum absolute atomic E-state index is 0.176. The van der Waals surface area contributed by atoms with Crippen LogP contribution in [0.1, 0.15) is 23.6 Å². The largest absolute Gasteiger partial charge is 0.468 e. The number of hydrogen-bond acceptors (Lipinski definition) is 2. The van der Waals surface area contributed by atoms with Crippen molar-refractivity contribution >= 4 is 0 Å². The van der Waals surface area contributed by atoms with Crippen molar-refractivity contribution in [2.24, 2.45) is 0 Å². The molecule has 4 rings (SSSR count). The van der Waals surface area contributed by atoms with E-state index in [4.69, 9.17) is 9.84 Å². The first-order chi connectivity index (χ1) is 11.2. The Hall–Kier alpha value is -2.58. The van der Waals surface area contributed by atoms with Gasteiger partial charge in [0.1, 0.15) is 5.75 Å². The number of fused-ring (bicyclic) bond motifs is 3. The summed E-state index contributed by atoms with van der Waals surface area (Å²) in [6, 6.07) is 25.2. The van der Waals surface area contributed by atoms with Crippen molar-refractivity contribution in [2.75, 3.05) is 6.79 Å². The van der Waals surface area contributed by atoms with E-state index in [9.17, 15) is 0 Å². The fourth-order valence-corrected chi connectivity index (χ4v) is 3.72.